The number of fused-ring (bicyclic) bond motifs is 3. The molecule has 1 aromatic heterocycles. The molecule has 41 heavy (non-hydrogen) atoms. The summed E-state index contributed by atoms with van der Waals surface area (Å²) in [7, 11) is 0. The van der Waals surface area contributed by atoms with Gasteiger partial charge in [0.1, 0.15) is 23.3 Å². The van der Waals surface area contributed by atoms with Crippen LogP contribution in [0.2, 0.25) is 0 Å². The van der Waals surface area contributed by atoms with Gasteiger partial charge in [0.05, 0.1) is 0 Å². The Kier molecular flexibility index (Phi) is 12.2. The van der Waals surface area contributed by atoms with Gasteiger partial charge in [-0.05, 0) is 54.0 Å². The molecular weight excluding hydrogens is 514 g/mol. The maximum absolute atomic E-state index is 11.4. The van der Waals surface area contributed by atoms with E-state index in [1.54, 1.807) is 24.3 Å². The average Bonchev–Trinajstić information content (AvgIpc) is 3.26. The minimum atomic E-state index is -1.29. The van der Waals surface area contributed by atoms with Gasteiger partial charge in [-0.25, -0.2) is 9.59 Å². The summed E-state index contributed by atoms with van der Waals surface area (Å²) in [5.74, 6) is -2.57. The Hall–Kier alpha value is -4.36. The van der Waals surface area contributed by atoms with E-state index in [9.17, 15) is 30.3 Å². The molecule has 2 aromatic carbocycles. The molecule has 7 heteroatoms. The monoisotopic (exact) mass is 553 g/mol. The molecule has 0 amide bonds. The van der Waals surface area contributed by atoms with Crippen molar-refractivity contribution in [3.63, 3.8) is 0 Å². The molecule has 3 aromatic rings. The number of unbranched alkanes of at least 4 members (excludes halogenated alkanes) is 11. The quantitative estimate of drug-likeness (QED) is 0.0980. The molecule has 0 aliphatic rings. The fraction of sp³-hybridized carbons (Fsp3) is 0.412. The Labute approximate surface area is 242 Å². The number of aromatic nitrogens is 1. The highest BCUT2D eigenvalue weighted by Crippen LogP contribution is 2.32. The molecule has 3 rings (SSSR count). The molecule has 214 valence electrons. The number of carboxylic acids is 2. The third-order valence-electron chi connectivity index (χ3n) is 7.47. The molecule has 0 aliphatic heterocycles. The van der Waals surface area contributed by atoms with Crippen LogP contribution in [-0.4, -0.2) is 26.7 Å². The molecule has 0 spiro atoms. The first-order valence-electron chi connectivity index (χ1n) is 14.7. The van der Waals surface area contributed by atoms with Gasteiger partial charge in [-0.3, -0.25) is 0 Å². The highest BCUT2D eigenvalue weighted by molar-refractivity contribution is 6.10. The molecule has 0 aliphatic carbocycles. The second-order valence-corrected chi connectivity index (χ2v) is 10.5. The van der Waals surface area contributed by atoms with E-state index in [4.69, 9.17) is 0 Å². The molecule has 0 unspecified atom stereocenters. The summed E-state index contributed by atoms with van der Waals surface area (Å²) in [6, 6.07) is 14.6. The lowest BCUT2D eigenvalue weighted by molar-refractivity contribution is -0.133. The molecular formula is C34H39N3O4. The average molecular weight is 554 g/mol. The minimum Gasteiger partial charge on any atom is -0.477 e. The molecule has 7 nitrogen and oxygen atoms in total. The first kappa shape index (κ1) is 31.2. The number of aryl methyl sites for hydroxylation is 1. The molecule has 0 fully saturated rings. The highest BCUT2D eigenvalue weighted by atomic mass is 16.4. The lowest BCUT2D eigenvalue weighted by Crippen LogP contribution is -1.99. The molecule has 1 heterocycles. The van der Waals surface area contributed by atoms with Gasteiger partial charge in [0.25, 0.3) is 0 Å². The van der Waals surface area contributed by atoms with Crippen molar-refractivity contribution in [2.45, 2.75) is 90.5 Å². The Bertz CT molecular complexity index is 1420. The molecule has 0 atom stereocenters. The summed E-state index contributed by atoms with van der Waals surface area (Å²) >= 11 is 0. The van der Waals surface area contributed by atoms with E-state index in [0.717, 1.165) is 41.2 Å². The Morgan fingerprint density at radius 2 is 1.07 bits per heavy atom. The summed E-state index contributed by atoms with van der Waals surface area (Å²) in [5, 5.41) is 38.7. The van der Waals surface area contributed by atoms with E-state index >= 15 is 0 Å². The van der Waals surface area contributed by atoms with Gasteiger partial charge >= 0.3 is 11.9 Å². The molecule has 0 radical (unpaired) electrons. The fourth-order valence-electron chi connectivity index (χ4n) is 5.29. The van der Waals surface area contributed by atoms with Crippen molar-refractivity contribution in [2.75, 3.05) is 0 Å². The fourth-order valence-corrected chi connectivity index (χ4v) is 5.29. The number of carbonyl (C=O) groups is 2. The van der Waals surface area contributed by atoms with E-state index < -0.39 is 11.9 Å². The van der Waals surface area contributed by atoms with Crippen LogP contribution in [0.15, 0.2) is 47.5 Å². The van der Waals surface area contributed by atoms with Gasteiger partial charge in [-0.2, -0.15) is 10.5 Å². The standard InChI is InChI=1S/C34H39N3O4/c1-2-3-4-5-6-7-8-9-10-11-12-13-18-37-31-16-14-25(19-27(23-35)33(38)39)21-29(31)30-22-26(15-17-32(30)37)20-28(24-36)34(40)41/h14-17,19-22H,2-13,18H2,1H3,(H,38,39)(H,40,41)/b27-19+,28-20+. The number of rotatable bonds is 17. The summed E-state index contributed by atoms with van der Waals surface area (Å²) in [6.07, 6.45) is 18.0. The van der Waals surface area contributed by atoms with Gasteiger partial charge in [-0.1, -0.05) is 89.7 Å². The number of hydrogen-bond acceptors (Lipinski definition) is 4. The zero-order chi connectivity index (χ0) is 29.6. The third kappa shape index (κ3) is 8.82. The van der Waals surface area contributed by atoms with E-state index in [1.807, 2.05) is 24.3 Å². The molecule has 0 saturated carbocycles. The maximum atomic E-state index is 11.4. The van der Waals surface area contributed by atoms with Crippen LogP contribution in [0, 0.1) is 22.7 Å². The van der Waals surface area contributed by atoms with Crippen molar-refractivity contribution in [3.8, 4) is 12.1 Å². The largest absolute Gasteiger partial charge is 0.477 e. The van der Waals surface area contributed by atoms with Crippen LogP contribution in [0.3, 0.4) is 0 Å². The van der Waals surface area contributed by atoms with Crippen molar-refractivity contribution in [1.29, 1.82) is 10.5 Å². The molecule has 2 N–H and O–H groups in total. The van der Waals surface area contributed by atoms with Crippen molar-refractivity contribution >= 4 is 45.9 Å². The normalized spacial score (nSPS) is 12.0. The number of aliphatic carboxylic acids is 2. The predicted octanol–water partition coefficient (Wildman–Crippen LogP) is 8.48. The Balaban J connectivity index is 1.78. The lowest BCUT2D eigenvalue weighted by Gasteiger charge is -2.08. The van der Waals surface area contributed by atoms with Gasteiger partial charge in [0, 0.05) is 28.4 Å². The second kappa shape index (κ2) is 16.0. The van der Waals surface area contributed by atoms with E-state index in [-0.39, 0.29) is 11.1 Å². The molecule has 0 bridgehead atoms. The van der Waals surface area contributed by atoms with E-state index in [2.05, 4.69) is 11.5 Å². The first-order chi connectivity index (χ1) is 19.9. The van der Waals surface area contributed by atoms with Crippen LogP contribution in [-0.2, 0) is 16.1 Å². The summed E-state index contributed by atoms with van der Waals surface area (Å²) < 4.78 is 2.24. The van der Waals surface area contributed by atoms with E-state index in [0.29, 0.717) is 11.1 Å². The van der Waals surface area contributed by atoms with Crippen LogP contribution < -0.4 is 0 Å². The van der Waals surface area contributed by atoms with E-state index in [1.165, 1.54) is 76.4 Å². The predicted molar refractivity (Wildman–Crippen MR) is 163 cm³/mol. The number of hydrogen-bond donors (Lipinski definition) is 2. The number of nitriles is 2. The number of benzene rings is 2. The number of nitrogens with zero attached hydrogens (tertiary/aromatic N) is 3. The molecule has 0 saturated heterocycles. The van der Waals surface area contributed by atoms with Crippen molar-refractivity contribution in [1.82, 2.24) is 4.57 Å². The van der Waals surface area contributed by atoms with Crippen molar-refractivity contribution in [3.05, 3.63) is 58.7 Å². The van der Waals surface area contributed by atoms with Crippen LogP contribution in [0.5, 0.6) is 0 Å². The van der Waals surface area contributed by atoms with Crippen LogP contribution >= 0.6 is 0 Å². The van der Waals surface area contributed by atoms with Gasteiger partial charge < -0.3 is 14.8 Å². The Morgan fingerprint density at radius 3 is 1.44 bits per heavy atom. The van der Waals surface area contributed by atoms with Crippen molar-refractivity contribution in [2.24, 2.45) is 0 Å². The zero-order valence-electron chi connectivity index (χ0n) is 23.9. The first-order valence-corrected chi connectivity index (χ1v) is 14.7. The lowest BCUT2D eigenvalue weighted by atomic mass is 10.0. The van der Waals surface area contributed by atoms with Crippen LogP contribution in [0.1, 0.15) is 95.1 Å². The van der Waals surface area contributed by atoms with Gasteiger partial charge in [-0.15, -0.1) is 0 Å². The Morgan fingerprint density at radius 1 is 0.683 bits per heavy atom. The van der Waals surface area contributed by atoms with Crippen LogP contribution in [0.25, 0.3) is 34.0 Å². The van der Waals surface area contributed by atoms with Crippen molar-refractivity contribution < 1.29 is 19.8 Å². The van der Waals surface area contributed by atoms with Gasteiger partial charge in [0.2, 0.25) is 0 Å². The summed E-state index contributed by atoms with van der Waals surface area (Å²) in [5.41, 5.74) is 2.43. The smallest absolute Gasteiger partial charge is 0.346 e. The van der Waals surface area contributed by atoms with Gasteiger partial charge in [0.15, 0.2) is 0 Å². The third-order valence-corrected chi connectivity index (χ3v) is 7.47. The highest BCUT2D eigenvalue weighted by Gasteiger charge is 2.14. The minimum absolute atomic E-state index is 0.353. The summed E-state index contributed by atoms with van der Waals surface area (Å²) in [6.45, 7) is 3.06. The summed E-state index contributed by atoms with van der Waals surface area (Å²) in [4.78, 5) is 22.7. The SMILES string of the molecule is CCCCCCCCCCCCCCn1c2ccc(/C=C(\C#N)C(=O)O)cc2c2cc(/C=C(\C#N)C(=O)O)ccc21. The zero-order valence-corrected chi connectivity index (χ0v) is 23.9. The number of carboxylic acid groups (broad SMARTS) is 2. The maximum Gasteiger partial charge on any atom is 0.346 e. The second-order valence-electron chi connectivity index (χ2n) is 10.5. The topological polar surface area (TPSA) is 127 Å². The van der Waals surface area contributed by atoms with Crippen LogP contribution in [0.4, 0.5) is 0 Å².